The van der Waals surface area contributed by atoms with Gasteiger partial charge in [-0.1, -0.05) is 53.6 Å². The molecule has 16 heavy (non-hydrogen) atoms. The quantitative estimate of drug-likeness (QED) is 0.642. The fraction of sp³-hybridized carbons (Fsp3) is 0.167. The molecule has 2 rings (SSSR count). The van der Waals surface area contributed by atoms with E-state index in [0.717, 1.165) is 17.7 Å². The summed E-state index contributed by atoms with van der Waals surface area (Å²) in [5.41, 5.74) is 2.00. The maximum Gasteiger partial charge on any atom is 0.235 e. The molecule has 1 N–H and O–H groups in total. The number of rotatable bonds is 2. The van der Waals surface area contributed by atoms with Gasteiger partial charge in [0.1, 0.15) is 5.02 Å². The molecule has 1 aromatic heterocycles. The lowest BCUT2D eigenvalue weighted by atomic mass is 10.2. The zero-order chi connectivity index (χ0) is 11.5. The van der Waals surface area contributed by atoms with Gasteiger partial charge in [0.2, 0.25) is 11.9 Å². The first-order chi connectivity index (χ1) is 7.72. The van der Waals surface area contributed by atoms with Crippen molar-refractivity contribution in [3.8, 4) is 5.69 Å². The summed E-state index contributed by atoms with van der Waals surface area (Å²) in [6.45, 7) is 2.04. The van der Waals surface area contributed by atoms with Crippen molar-refractivity contribution in [2.75, 3.05) is 0 Å². The van der Waals surface area contributed by atoms with Gasteiger partial charge in [0.25, 0.3) is 0 Å². The molecule has 0 fully saturated rings. The van der Waals surface area contributed by atoms with Crippen molar-refractivity contribution in [1.82, 2.24) is 5.10 Å². The van der Waals surface area contributed by atoms with E-state index in [4.69, 9.17) is 23.8 Å². The summed E-state index contributed by atoms with van der Waals surface area (Å²) in [4.78, 5) is 0. The Hall–Kier alpha value is -1.19. The molecule has 2 aromatic rings. The summed E-state index contributed by atoms with van der Waals surface area (Å²) in [5, 5.41) is 3.83. The molecule has 1 aromatic carbocycles. The third-order valence-corrected chi connectivity index (χ3v) is 3.08. The van der Waals surface area contributed by atoms with Gasteiger partial charge in [-0.25, -0.2) is 0 Å². The fourth-order valence-electron chi connectivity index (χ4n) is 1.57. The van der Waals surface area contributed by atoms with Crippen LogP contribution in [0.25, 0.3) is 5.69 Å². The second-order valence-corrected chi connectivity index (χ2v) is 4.27. The molecule has 0 amide bonds. The van der Waals surface area contributed by atoms with E-state index in [2.05, 4.69) is 5.10 Å². The van der Waals surface area contributed by atoms with E-state index in [1.807, 2.05) is 48.1 Å². The number of benzene rings is 1. The number of aromatic amines is 1. The highest BCUT2D eigenvalue weighted by atomic mass is 35.5. The number of hydrogen-bond donors (Lipinski definition) is 1. The zero-order valence-corrected chi connectivity index (χ0v) is 10.5. The van der Waals surface area contributed by atoms with Crippen LogP contribution < -0.4 is 4.68 Å². The predicted octanol–water partition coefficient (Wildman–Crippen LogP) is 3.24. The molecule has 0 unspecified atom stereocenters. The van der Waals surface area contributed by atoms with Crippen molar-refractivity contribution in [2.45, 2.75) is 13.3 Å². The lowest BCUT2D eigenvalue weighted by Crippen LogP contribution is -2.35. The van der Waals surface area contributed by atoms with Crippen molar-refractivity contribution in [1.29, 1.82) is 0 Å². The monoisotopic (exact) mass is 251 g/mol. The molecular formula is C12H12ClN2S+. The lowest BCUT2D eigenvalue weighted by molar-refractivity contribution is -0.660. The number of H-pyrrole nitrogens is 1. The van der Waals surface area contributed by atoms with Gasteiger partial charge in [0.15, 0.2) is 4.64 Å². The first-order valence-electron chi connectivity index (χ1n) is 5.11. The molecular weight excluding hydrogens is 240 g/mol. The van der Waals surface area contributed by atoms with Gasteiger partial charge in [0.05, 0.1) is 0 Å². The van der Waals surface area contributed by atoms with Crippen LogP contribution in [-0.2, 0) is 6.42 Å². The first kappa shape index (κ1) is 11.3. The van der Waals surface area contributed by atoms with E-state index in [0.29, 0.717) is 9.66 Å². The first-order valence-corrected chi connectivity index (χ1v) is 5.89. The Balaban J connectivity index is 2.57. The van der Waals surface area contributed by atoms with E-state index < -0.39 is 0 Å². The van der Waals surface area contributed by atoms with E-state index >= 15 is 0 Å². The Kier molecular flexibility index (Phi) is 3.36. The largest absolute Gasteiger partial charge is 0.235 e. The van der Waals surface area contributed by atoms with Crippen LogP contribution in [0, 0.1) is 4.64 Å². The molecule has 0 saturated carbocycles. The van der Waals surface area contributed by atoms with Crippen LogP contribution in [0.3, 0.4) is 0 Å². The van der Waals surface area contributed by atoms with Crippen LogP contribution in [0.15, 0.2) is 36.5 Å². The summed E-state index contributed by atoms with van der Waals surface area (Å²) in [7, 11) is 0. The van der Waals surface area contributed by atoms with Crippen LogP contribution in [0.5, 0.6) is 0 Å². The Bertz CT molecular complexity index is 549. The minimum Gasteiger partial charge on any atom is -0.149 e. The fourth-order valence-corrected chi connectivity index (χ4v) is 2.30. The number of nitrogens with one attached hydrogen (secondary N) is 1. The second-order valence-electron chi connectivity index (χ2n) is 3.46. The smallest absolute Gasteiger partial charge is 0.149 e. The van der Waals surface area contributed by atoms with Crippen molar-refractivity contribution >= 4 is 23.8 Å². The van der Waals surface area contributed by atoms with Crippen LogP contribution >= 0.6 is 23.8 Å². The number of aromatic nitrogens is 2. The number of para-hydroxylation sites is 1. The van der Waals surface area contributed by atoms with Crippen molar-refractivity contribution in [3.05, 3.63) is 51.8 Å². The molecule has 0 bridgehead atoms. The van der Waals surface area contributed by atoms with Gasteiger partial charge >= 0.3 is 0 Å². The normalized spacial score (nSPS) is 10.4. The van der Waals surface area contributed by atoms with E-state index in [1.165, 1.54) is 0 Å². The molecule has 0 spiro atoms. The standard InChI is InChI=1S/C12H11ClN2S/c1-2-10-11(13)8-15(14-12(10)16)9-6-4-3-5-7-9/h3-8H,2H2,1H3/p+1. The minimum absolute atomic E-state index is 0.693. The predicted molar refractivity (Wildman–Crippen MR) is 67.5 cm³/mol. The molecule has 0 aliphatic carbocycles. The van der Waals surface area contributed by atoms with Crippen molar-refractivity contribution in [2.24, 2.45) is 0 Å². The highest BCUT2D eigenvalue weighted by Crippen LogP contribution is 2.14. The summed E-state index contributed by atoms with van der Waals surface area (Å²) < 4.78 is 2.53. The minimum atomic E-state index is 0.693. The summed E-state index contributed by atoms with van der Waals surface area (Å²) in [6.07, 6.45) is 2.69. The van der Waals surface area contributed by atoms with Crippen molar-refractivity contribution in [3.63, 3.8) is 0 Å². The second kappa shape index (κ2) is 4.76. The molecule has 0 radical (unpaired) electrons. The van der Waals surface area contributed by atoms with Gasteiger partial charge in [0, 0.05) is 17.7 Å². The Morgan fingerprint density at radius 1 is 1.31 bits per heavy atom. The van der Waals surface area contributed by atoms with E-state index in [-0.39, 0.29) is 0 Å². The highest BCUT2D eigenvalue weighted by molar-refractivity contribution is 7.71. The topological polar surface area (TPSA) is 19.7 Å². The van der Waals surface area contributed by atoms with Crippen LogP contribution in [-0.4, -0.2) is 5.10 Å². The number of nitrogens with zero attached hydrogens (tertiary/aromatic N) is 1. The molecule has 0 aliphatic heterocycles. The summed E-state index contributed by atoms with van der Waals surface area (Å²) >= 11 is 11.4. The molecule has 1 heterocycles. The number of halogens is 1. The maximum atomic E-state index is 6.18. The van der Waals surface area contributed by atoms with E-state index in [9.17, 15) is 0 Å². The Morgan fingerprint density at radius 2 is 2.00 bits per heavy atom. The zero-order valence-electron chi connectivity index (χ0n) is 8.90. The Labute approximate surface area is 104 Å². The molecule has 0 saturated heterocycles. The van der Waals surface area contributed by atoms with Crippen LogP contribution in [0.4, 0.5) is 0 Å². The third kappa shape index (κ3) is 2.15. The maximum absolute atomic E-state index is 6.18. The molecule has 0 atom stereocenters. The van der Waals surface area contributed by atoms with Crippen molar-refractivity contribution < 1.29 is 4.68 Å². The van der Waals surface area contributed by atoms with Gasteiger partial charge in [-0.05, 0) is 6.42 Å². The molecule has 4 heteroatoms. The van der Waals surface area contributed by atoms with Gasteiger partial charge in [-0.15, -0.1) is 5.10 Å². The average Bonchev–Trinajstić information content (AvgIpc) is 2.30. The molecule has 0 aliphatic rings. The van der Waals surface area contributed by atoms with Gasteiger partial charge in [-0.3, -0.25) is 0 Å². The number of hydrogen-bond acceptors (Lipinski definition) is 1. The average molecular weight is 252 g/mol. The van der Waals surface area contributed by atoms with Gasteiger partial charge in [-0.2, -0.15) is 0 Å². The SMILES string of the molecule is CCc1c(Cl)c[n+](-c2ccccc2)[nH]c1=S. The van der Waals surface area contributed by atoms with E-state index in [1.54, 1.807) is 0 Å². The third-order valence-electron chi connectivity index (χ3n) is 2.41. The highest BCUT2D eigenvalue weighted by Gasteiger charge is 2.11. The molecule has 82 valence electrons. The van der Waals surface area contributed by atoms with Gasteiger partial charge < -0.3 is 0 Å². The Morgan fingerprint density at radius 3 is 2.56 bits per heavy atom. The summed E-state index contributed by atoms with van der Waals surface area (Å²) in [5.74, 6) is 0. The summed E-state index contributed by atoms with van der Waals surface area (Å²) in [6, 6.07) is 9.91. The van der Waals surface area contributed by atoms with Crippen LogP contribution in [0.1, 0.15) is 12.5 Å². The lowest BCUT2D eigenvalue weighted by Gasteiger charge is -2.00. The van der Waals surface area contributed by atoms with Crippen LogP contribution in [0.2, 0.25) is 5.02 Å². The molecule has 2 nitrogen and oxygen atoms in total.